The van der Waals surface area contributed by atoms with Crippen LogP contribution in [-0.2, 0) is 14.4 Å². The summed E-state index contributed by atoms with van der Waals surface area (Å²) in [5.41, 5.74) is 3.42. The number of carbonyl (C=O) groups is 4. The minimum absolute atomic E-state index is 0.0688. The summed E-state index contributed by atoms with van der Waals surface area (Å²) in [5, 5.41) is 2.85. The third-order valence-corrected chi connectivity index (χ3v) is 7.79. The molecule has 0 spiro atoms. The molecule has 0 aromatic heterocycles. The van der Waals surface area contributed by atoms with Crippen LogP contribution in [0.4, 0.5) is 5.69 Å². The highest BCUT2D eigenvalue weighted by atomic mass is 16.2. The maximum atomic E-state index is 13.3. The second kappa shape index (κ2) is 7.24. The van der Waals surface area contributed by atoms with Gasteiger partial charge in [-0.05, 0) is 54.4 Å². The fraction of sp³-hybridized carbons (Fsp3) is 0.333. The van der Waals surface area contributed by atoms with E-state index in [0.717, 1.165) is 24.0 Å². The number of hydrogen-bond donors (Lipinski definition) is 1. The van der Waals surface area contributed by atoms with Crippen molar-refractivity contribution >= 4 is 29.2 Å². The molecule has 2 fully saturated rings. The van der Waals surface area contributed by atoms with E-state index >= 15 is 0 Å². The van der Waals surface area contributed by atoms with Crippen LogP contribution in [0, 0.1) is 23.7 Å². The Morgan fingerprint density at radius 2 is 1.52 bits per heavy atom. The van der Waals surface area contributed by atoms with Crippen molar-refractivity contribution in [2.45, 2.75) is 32.2 Å². The number of likely N-dealkylation sites (tertiary alicyclic amines) is 1. The summed E-state index contributed by atoms with van der Waals surface area (Å²) in [5.74, 6) is -1.39. The van der Waals surface area contributed by atoms with E-state index in [1.54, 1.807) is 18.2 Å². The number of hydrogen-bond acceptors (Lipinski definition) is 4. The van der Waals surface area contributed by atoms with Crippen molar-refractivity contribution in [2.75, 3.05) is 5.32 Å². The normalized spacial score (nSPS) is 27.4. The van der Waals surface area contributed by atoms with E-state index < -0.39 is 11.9 Å². The van der Waals surface area contributed by atoms with E-state index in [-0.39, 0.29) is 41.3 Å². The van der Waals surface area contributed by atoms with E-state index in [2.05, 4.69) is 17.5 Å². The number of allylic oxidation sites excluding steroid dienone is 2. The van der Waals surface area contributed by atoms with Crippen LogP contribution >= 0.6 is 0 Å². The Morgan fingerprint density at radius 3 is 2.12 bits per heavy atom. The number of rotatable bonds is 4. The molecule has 1 aliphatic heterocycles. The smallest absolute Gasteiger partial charge is 0.247 e. The average molecular weight is 440 g/mol. The van der Waals surface area contributed by atoms with Gasteiger partial charge in [-0.3, -0.25) is 24.1 Å². The zero-order valence-electron chi connectivity index (χ0n) is 18.3. The van der Waals surface area contributed by atoms with Gasteiger partial charge in [0, 0.05) is 16.8 Å². The first-order chi connectivity index (χ1) is 16.0. The van der Waals surface area contributed by atoms with E-state index in [9.17, 15) is 19.2 Å². The molecule has 2 bridgehead atoms. The van der Waals surface area contributed by atoms with Crippen LogP contribution in [0.2, 0.25) is 0 Å². The fourth-order valence-electron chi connectivity index (χ4n) is 6.22. The molecule has 2 aromatic rings. The largest absolute Gasteiger partial charge is 0.324 e. The fourth-order valence-corrected chi connectivity index (χ4v) is 6.22. The summed E-state index contributed by atoms with van der Waals surface area (Å²) in [6, 6.07) is 11.9. The lowest BCUT2D eigenvalue weighted by Gasteiger charge is -2.38. The van der Waals surface area contributed by atoms with Crippen LogP contribution in [0.25, 0.3) is 11.1 Å². The molecular weight excluding hydrogens is 416 g/mol. The highest BCUT2D eigenvalue weighted by molar-refractivity contribution is 6.22. The van der Waals surface area contributed by atoms with Gasteiger partial charge in [0.15, 0.2) is 5.78 Å². The number of anilines is 1. The Bertz CT molecular complexity index is 1230. The van der Waals surface area contributed by atoms with Crippen LogP contribution < -0.4 is 5.32 Å². The monoisotopic (exact) mass is 440 g/mol. The summed E-state index contributed by atoms with van der Waals surface area (Å²) in [6.07, 6.45) is 6.32. The van der Waals surface area contributed by atoms with Gasteiger partial charge in [-0.2, -0.15) is 0 Å². The number of carbonyl (C=O) groups excluding carboxylic acids is 4. The van der Waals surface area contributed by atoms with Gasteiger partial charge in [0.25, 0.3) is 0 Å². The van der Waals surface area contributed by atoms with Gasteiger partial charge in [-0.15, -0.1) is 0 Å². The van der Waals surface area contributed by atoms with E-state index in [1.165, 1.54) is 4.90 Å². The molecule has 0 radical (unpaired) electrons. The highest BCUT2D eigenvalue weighted by Crippen LogP contribution is 2.50. The first-order valence-corrected chi connectivity index (χ1v) is 11.6. The van der Waals surface area contributed by atoms with Gasteiger partial charge in [-0.1, -0.05) is 49.4 Å². The molecule has 1 saturated carbocycles. The molecule has 7 rings (SSSR count). The first kappa shape index (κ1) is 20.1. The summed E-state index contributed by atoms with van der Waals surface area (Å²) >= 11 is 0. The molecule has 0 unspecified atom stereocenters. The molecular formula is C27H24N2O4. The van der Waals surface area contributed by atoms with Crippen molar-refractivity contribution in [1.82, 2.24) is 4.90 Å². The van der Waals surface area contributed by atoms with E-state index in [4.69, 9.17) is 0 Å². The maximum Gasteiger partial charge on any atom is 0.247 e. The Balaban J connectivity index is 1.25. The van der Waals surface area contributed by atoms with Gasteiger partial charge < -0.3 is 5.32 Å². The SMILES string of the molecule is CC[C@H](C(=O)Nc1ccc2c(c1)C(=O)c1ccccc1-2)N1C(=O)[C@H]2[C@H](C1=O)[C@H]1C=C[C@H]2CC1. The molecule has 166 valence electrons. The van der Waals surface area contributed by atoms with E-state index in [0.29, 0.717) is 23.2 Å². The van der Waals surface area contributed by atoms with Gasteiger partial charge in [-0.25, -0.2) is 0 Å². The maximum absolute atomic E-state index is 13.3. The van der Waals surface area contributed by atoms with Crippen LogP contribution in [0.15, 0.2) is 54.6 Å². The van der Waals surface area contributed by atoms with Gasteiger partial charge in [0.2, 0.25) is 17.7 Å². The topological polar surface area (TPSA) is 83.6 Å². The molecule has 33 heavy (non-hydrogen) atoms. The highest BCUT2D eigenvalue weighted by Gasteiger charge is 2.58. The van der Waals surface area contributed by atoms with Crippen molar-refractivity contribution in [1.29, 1.82) is 0 Å². The molecule has 6 heteroatoms. The van der Waals surface area contributed by atoms with Crippen LogP contribution in [0.3, 0.4) is 0 Å². The second-order valence-corrected chi connectivity index (χ2v) is 9.44. The third kappa shape index (κ3) is 2.79. The number of fused-ring (bicyclic) bond motifs is 4. The minimum Gasteiger partial charge on any atom is -0.324 e. The van der Waals surface area contributed by atoms with E-state index in [1.807, 2.05) is 31.2 Å². The lowest BCUT2D eigenvalue weighted by molar-refractivity contribution is -0.146. The standard InChI is InChI=1S/C27H24N2O4/c1-2-21(29-26(32)22-14-7-8-15(10-9-14)23(22)27(29)33)25(31)28-16-11-12-18-17-5-3-4-6-19(17)24(30)20(18)13-16/h3-8,11-15,21-23H,2,9-10H2,1H3,(H,28,31)/t14-,15-,21+,22+,23+/m0/s1. The Hall–Kier alpha value is -3.54. The molecule has 5 aliphatic rings. The first-order valence-electron chi connectivity index (χ1n) is 11.6. The number of nitrogens with zero attached hydrogens (tertiary/aromatic N) is 1. The Morgan fingerprint density at radius 1 is 0.909 bits per heavy atom. The molecule has 1 heterocycles. The summed E-state index contributed by atoms with van der Waals surface area (Å²) in [7, 11) is 0. The van der Waals surface area contributed by atoms with Gasteiger partial charge >= 0.3 is 0 Å². The Kier molecular flexibility index (Phi) is 4.41. The molecule has 6 nitrogen and oxygen atoms in total. The molecule has 5 atom stereocenters. The van der Waals surface area contributed by atoms with Crippen molar-refractivity contribution in [3.8, 4) is 11.1 Å². The minimum atomic E-state index is -0.865. The molecule has 2 aromatic carbocycles. The van der Waals surface area contributed by atoms with Gasteiger partial charge in [0.1, 0.15) is 6.04 Å². The number of nitrogens with one attached hydrogen (secondary N) is 1. The molecule has 4 aliphatic carbocycles. The Labute approximate surface area is 191 Å². The third-order valence-electron chi connectivity index (χ3n) is 7.79. The van der Waals surface area contributed by atoms with Crippen LogP contribution in [0.5, 0.6) is 0 Å². The predicted octanol–water partition coefficient (Wildman–Crippen LogP) is 3.81. The second-order valence-electron chi connectivity index (χ2n) is 9.44. The number of amides is 3. The van der Waals surface area contributed by atoms with Crippen LogP contribution in [-0.4, -0.2) is 34.4 Å². The summed E-state index contributed by atoms with van der Waals surface area (Å²) < 4.78 is 0. The van der Waals surface area contributed by atoms with Crippen molar-refractivity contribution in [2.24, 2.45) is 23.7 Å². The zero-order chi connectivity index (χ0) is 22.9. The molecule has 3 amide bonds. The summed E-state index contributed by atoms with van der Waals surface area (Å²) in [6.45, 7) is 1.81. The predicted molar refractivity (Wildman–Crippen MR) is 122 cm³/mol. The number of benzene rings is 2. The summed E-state index contributed by atoms with van der Waals surface area (Å²) in [4.78, 5) is 53.8. The zero-order valence-corrected chi connectivity index (χ0v) is 18.3. The van der Waals surface area contributed by atoms with Gasteiger partial charge in [0.05, 0.1) is 11.8 Å². The lowest BCUT2D eigenvalue weighted by Crippen LogP contribution is -2.47. The lowest BCUT2D eigenvalue weighted by atomic mass is 9.63. The number of imide groups is 1. The quantitative estimate of drug-likeness (QED) is 0.494. The molecule has 1 saturated heterocycles. The molecule has 1 N–H and O–H groups in total. The van der Waals surface area contributed by atoms with Crippen molar-refractivity contribution in [3.63, 3.8) is 0 Å². The van der Waals surface area contributed by atoms with Crippen molar-refractivity contribution < 1.29 is 19.2 Å². The van der Waals surface area contributed by atoms with Crippen LogP contribution in [0.1, 0.15) is 42.1 Å². The average Bonchev–Trinajstić information content (AvgIpc) is 3.28. The van der Waals surface area contributed by atoms with Crippen molar-refractivity contribution in [3.05, 3.63) is 65.7 Å². The number of ketones is 1.